The third-order valence-electron chi connectivity index (χ3n) is 39.1. The molecular weight excluding hydrogens is 1750 g/mol. The smallest absolute Gasteiger partial charge is 0.206 e. The van der Waals surface area contributed by atoms with E-state index in [9.17, 15) is 4.39 Å². The quantitative estimate of drug-likeness (QED) is 0.0638. The van der Waals surface area contributed by atoms with Crippen LogP contribution in [0.2, 0.25) is 74.5 Å². The van der Waals surface area contributed by atoms with Crippen molar-refractivity contribution in [3.8, 4) is 45.0 Å². The fraction of sp³-hybridized carbons (Fsp3) is 0.538. The summed E-state index contributed by atoms with van der Waals surface area (Å²) in [5.74, 6) is 3.67. The molecule has 0 N–H and O–H groups in total. The number of pyridine rings is 4. The number of halogens is 1. The lowest BCUT2D eigenvalue weighted by molar-refractivity contribution is -0.659. The van der Waals surface area contributed by atoms with Crippen molar-refractivity contribution in [1.82, 2.24) is 0 Å². The summed E-state index contributed by atoms with van der Waals surface area (Å²) in [5.41, 5.74) is 29.8. The van der Waals surface area contributed by atoms with Crippen LogP contribution < -0.4 is 39.0 Å². The predicted octanol–water partition coefficient (Wildman–Crippen LogP) is 33.8. The molecule has 12 aromatic rings. The van der Waals surface area contributed by atoms with Crippen molar-refractivity contribution < 1.29 is 22.7 Å². The average Bonchev–Trinajstić information content (AvgIpc) is 1.46. The van der Waals surface area contributed by atoms with Crippen LogP contribution in [0.3, 0.4) is 0 Å². The first-order valence-corrected chi connectivity index (χ1v) is 69.2. The molecular formula is C130H177FN4Si4+4. The number of nitrogens with zero attached hydrogens (tertiary/aromatic N) is 4. The van der Waals surface area contributed by atoms with Crippen LogP contribution in [0.25, 0.3) is 88.1 Å². The molecule has 0 amide bonds. The van der Waals surface area contributed by atoms with E-state index in [0.29, 0.717) is 5.56 Å². The Balaban J connectivity index is 0.000000123. The molecule has 9 heteroatoms. The monoisotopic (exact) mass is 1930 g/mol. The van der Waals surface area contributed by atoms with Crippen LogP contribution in [0, 0.1) is 47.4 Å². The Labute approximate surface area is 844 Å². The van der Waals surface area contributed by atoms with Gasteiger partial charge in [-0.3, -0.25) is 0 Å². The van der Waals surface area contributed by atoms with Gasteiger partial charge in [0.1, 0.15) is 34.0 Å². The molecule has 8 aromatic carbocycles. The zero-order valence-corrected chi connectivity index (χ0v) is 93.9. The summed E-state index contributed by atoms with van der Waals surface area (Å²) in [6.45, 7) is 33.9. The van der Waals surface area contributed by atoms with Crippen LogP contribution in [-0.2, 0) is 28.2 Å². The number of benzene rings is 8. The lowest BCUT2D eigenvalue weighted by atomic mass is 9.76. The highest BCUT2D eigenvalue weighted by Gasteiger charge is 2.41. The van der Waals surface area contributed by atoms with Crippen molar-refractivity contribution in [2.24, 2.45) is 28.2 Å². The molecule has 0 radical (unpaired) electrons. The molecule has 9 fully saturated rings. The van der Waals surface area contributed by atoms with Gasteiger partial charge in [-0.2, -0.15) is 0 Å². The van der Waals surface area contributed by atoms with E-state index >= 15 is 0 Å². The van der Waals surface area contributed by atoms with Gasteiger partial charge in [-0.15, -0.1) is 0 Å². The Morgan fingerprint density at radius 2 is 0.468 bits per heavy atom. The van der Waals surface area contributed by atoms with Crippen molar-refractivity contribution in [3.05, 3.63) is 237 Å². The summed E-state index contributed by atoms with van der Waals surface area (Å²) in [6.07, 6.45) is 69.7. The molecule has 9 aliphatic rings. The first-order valence-electron chi connectivity index (χ1n) is 56.9. The van der Waals surface area contributed by atoms with Gasteiger partial charge in [0.2, 0.25) is 22.8 Å². The molecule has 139 heavy (non-hydrogen) atoms. The van der Waals surface area contributed by atoms with Crippen LogP contribution in [0.15, 0.2) is 170 Å². The average molecular weight is 1930 g/mol. The summed E-state index contributed by atoms with van der Waals surface area (Å²) in [5, 5.41) is 17.7. The second-order valence-corrected chi connectivity index (χ2v) is 68.3. The predicted molar refractivity (Wildman–Crippen MR) is 606 cm³/mol. The molecule has 21 rings (SSSR count). The van der Waals surface area contributed by atoms with Crippen LogP contribution in [-0.4, -0.2) is 32.3 Å². The van der Waals surface area contributed by atoms with E-state index < -0.39 is 32.3 Å². The number of hydrogen-bond donors (Lipinski definition) is 0. The lowest BCUT2D eigenvalue weighted by Crippen LogP contribution is -2.46. The van der Waals surface area contributed by atoms with Crippen molar-refractivity contribution >= 4 is 96.1 Å². The molecule has 0 saturated heterocycles. The van der Waals surface area contributed by atoms with Crippen LogP contribution in [0.5, 0.6) is 0 Å². The zero-order valence-electron chi connectivity index (χ0n) is 89.9. The Hall–Kier alpha value is -7.80. The van der Waals surface area contributed by atoms with Gasteiger partial charge < -0.3 is 0 Å². The fourth-order valence-electron chi connectivity index (χ4n) is 29.2. The van der Waals surface area contributed by atoms with Crippen molar-refractivity contribution in [2.45, 2.75) is 422 Å². The molecule has 0 aliphatic heterocycles. The van der Waals surface area contributed by atoms with E-state index in [4.69, 9.17) is 0 Å². The first kappa shape index (κ1) is 101. The molecule has 0 unspecified atom stereocenters. The summed E-state index contributed by atoms with van der Waals surface area (Å²) >= 11 is 0. The first-order chi connectivity index (χ1) is 67.0. The highest BCUT2D eigenvalue weighted by Crippen LogP contribution is 2.50. The number of rotatable bonds is 17. The molecule has 0 atom stereocenters. The topological polar surface area (TPSA) is 15.5 Å². The Kier molecular flexibility index (Phi) is 32.1. The SMILES string of the molecule is Cc1c(-c2c3ccc([Si](C)(C)C4CCCCC4)cc3cc[n+]2C)cc(C2CCCC2)cc1C1CCCC1.Cc1c(-c2c3ccc([Si](C)(C)C4CCCCC4)cc3cc[n+]2C)cc(C2CCCCC2)cc1C1CCCCC1.Cc1cc(-c2c3ccc([Si](C)(C)C4CCCCC4)cc3cc[n+]2C)c(C)c(C)c1F.Cc1ccc(C2CCCCC2)cc1-c1c2ccc([Si](C)(C)C3CCCCC3)cc2cc[n+]1C. The normalized spacial score (nSPS) is 19.0. The maximum absolute atomic E-state index is 14.5. The van der Waals surface area contributed by atoms with Gasteiger partial charge >= 0.3 is 0 Å². The van der Waals surface area contributed by atoms with Gasteiger partial charge in [-0.1, -0.05) is 358 Å². The molecule has 4 heterocycles. The maximum atomic E-state index is 14.5. The van der Waals surface area contributed by atoms with Gasteiger partial charge in [-0.05, 0) is 289 Å². The van der Waals surface area contributed by atoms with Gasteiger partial charge in [0.05, 0.1) is 70.5 Å². The molecule has 4 nitrogen and oxygen atoms in total. The van der Waals surface area contributed by atoms with Crippen LogP contribution in [0.4, 0.5) is 4.39 Å². The second-order valence-electron chi connectivity index (χ2n) is 48.9. The molecule has 0 bridgehead atoms. The van der Waals surface area contributed by atoms with E-state index in [1.807, 2.05) is 26.8 Å². The minimum atomic E-state index is -1.50. The summed E-state index contributed by atoms with van der Waals surface area (Å²) < 4.78 is 23.8. The van der Waals surface area contributed by atoms with Gasteiger partial charge in [0, 0.05) is 29.8 Å². The lowest BCUT2D eigenvalue weighted by Gasteiger charge is -2.36. The van der Waals surface area contributed by atoms with E-state index in [1.54, 1.807) is 54.1 Å². The van der Waals surface area contributed by atoms with E-state index in [0.717, 1.165) is 68.4 Å². The minimum absolute atomic E-state index is 0.0818. The fourth-order valence-corrected chi connectivity index (χ4v) is 42.7. The zero-order chi connectivity index (χ0) is 97.2. The Morgan fingerprint density at radius 1 is 0.223 bits per heavy atom. The molecule has 4 aromatic heterocycles. The largest absolute Gasteiger partial charge is 0.220 e. The number of aryl methyl sites for hydroxylation is 6. The molecule has 9 aliphatic carbocycles. The highest BCUT2D eigenvalue weighted by atomic mass is 28.3. The molecule has 0 spiro atoms. The standard InChI is InChI=1S/C37H52NSi.C35H48NSi.C31H42NSi.C27H35FNSi/c1-27-35(29-16-10-6-11-17-29)25-31(28-14-8-5-9-15-28)26-36(27)37-34-21-20-33(24-30(34)22-23-38(37)2)39(3,4)32-18-12-7-13-19-32;1-25-33(27-14-10-11-15-27)23-29(26-12-8-9-13-26)24-34(25)35-32-19-18-31(22-28(32)20-21-36(35)2)37(3,4)30-16-6-5-7-17-30;1-23-15-16-25(24-11-7-5-8-12-24)22-30(23)31-29-18-17-28(21-26(29)19-20-32(31)2)33(3,4)27-13-9-6-10-14-27;1-18-16-25(19(2)20(3)26(18)28)27-24-13-12-23(17-21(24)14-15-29(27)4)30(5,6)22-10-8-7-9-11-22/h20-26,28-29,32H,5-19H2,1-4H3;18-24,26-27,30H,5-17H2,1-4H3;15-22,24,27H,5-14H2,1-4H3;12-17,22H,7-11H2,1-6H3/q4*+1. The molecule has 736 valence electrons. The van der Waals surface area contributed by atoms with E-state index in [1.165, 1.54) is 370 Å². The van der Waals surface area contributed by atoms with Crippen molar-refractivity contribution in [3.63, 3.8) is 0 Å². The van der Waals surface area contributed by atoms with Crippen molar-refractivity contribution in [2.75, 3.05) is 0 Å². The summed E-state index contributed by atoms with van der Waals surface area (Å²) in [7, 11) is 2.93. The van der Waals surface area contributed by atoms with Gasteiger partial charge in [0.25, 0.3) is 0 Å². The third-order valence-corrected chi connectivity index (χ3v) is 56.7. The third kappa shape index (κ3) is 21.5. The van der Waals surface area contributed by atoms with Crippen LogP contribution >= 0.6 is 0 Å². The van der Waals surface area contributed by atoms with Crippen molar-refractivity contribution in [1.29, 1.82) is 0 Å². The summed E-state index contributed by atoms with van der Waals surface area (Å²) in [6, 6.07) is 59.1. The van der Waals surface area contributed by atoms with E-state index in [2.05, 4.69) is 284 Å². The van der Waals surface area contributed by atoms with E-state index in [-0.39, 0.29) is 5.82 Å². The number of fused-ring (bicyclic) bond motifs is 4. The number of aromatic nitrogens is 4. The molecule has 9 saturated carbocycles. The maximum Gasteiger partial charge on any atom is 0.220 e. The van der Waals surface area contributed by atoms with Gasteiger partial charge in [0.15, 0.2) is 24.8 Å². The van der Waals surface area contributed by atoms with Gasteiger partial charge in [-0.25, -0.2) is 22.7 Å². The Bertz CT molecular complexity index is 6350. The summed E-state index contributed by atoms with van der Waals surface area (Å²) in [4.78, 5) is 0. The Morgan fingerprint density at radius 3 is 0.763 bits per heavy atom. The second kappa shape index (κ2) is 44.0. The highest BCUT2D eigenvalue weighted by molar-refractivity contribution is 6.92. The minimum Gasteiger partial charge on any atom is -0.206 e. The van der Waals surface area contributed by atoms with Crippen LogP contribution in [0.1, 0.15) is 367 Å². The number of hydrogen-bond acceptors (Lipinski definition) is 0.